The minimum atomic E-state index is 0. The Labute approximate surface area is 154 Å². The van der Waals surface area contributed by atoms with Crippen LogP contribution in [0.2, 0.25) is 0 Å². The molecule has 1 aromatic rings. The van der Waals surface area contributed by atoms with Crippen LogP contribution in [0.3, 0.4) is 0 Å². The van der Waals surface area contributed by atoms with E-state index in [-0.39, 0.29) is 36.4 Å². The fourth-order valence-electron chi connectivity index (χ4n) is 2.22. The lowest BCUT2D eigenvalue weighted by molar-refractivity contribution is -0.120. The maximum absolute atomic E-state index is 11.7. The third-order valence-corrected chi connectivity index (χ3v) is 3.76. The molecule has 130 valence electrons. The number of guanidine groups is 1. The van der Waals surface area contributed by atoms with Crippen LogP contribution in [0.15, 0.2) is 4.99 Å². The summed E-state index contributed by atoms with van der Waals surface area (Å²) in [6.45, 7) is 7.57. The molecule has 1 aliphatic rings. The number of halogens is 1. The zero-order valence-electron chi connectivity index (χ0n) is 14.3. The number of nitrogens with zero attached hydrogens (tertiary/aromatic N) is 3. The summed E-state index contributed by atoms with van der Waals surface area (Å²) in [5, 5.41) is 13.6. The van der Waals surface area contributed by atoms with Crippen molar-refractivity contribution in [2.45, 2.75) is 46.2 Å². The van der Waals surface area contributed by atoms with Crippen molar-refractivity contribution in [2.75, 3.05) is 13.1 Å². The highest BCUT2D eigenvalue weighted by Crippen LogP contribution is 2.18. The second-order valence-electron chi connectivity index (χ2n) is 5.66. The number of aromatic nitrogens is 2. The van der Waals surface area contributed by atoms with Crippen molar-refractivity contribution in [3.05, 3.63) is 17.0 Å². The van der Waals surface area contributed by atoms with Gasteiger partial charge in [0.05, 0.1) is 18.8 Å². The Morgan fingerprint density at radius 2 is 2.04 bits per heavy atom. The van der Waals surface area contributed by atoms with Gasteiger partial charge in [0.1, 0.15) is 0 Å². The molecule has 0 aliphatic heterocycles. The molecule has 2 rings (SSSR count). The van der Waals surface area contributed by atoms with Crippen LogP contribution in [0, 0.1) is 13.8 Å². The van der Waals surface area contributed by atoms with E-state index in [9.17, 15) is 4.79 Å². The molecule has 1 amide bonds. The number of aryl methyl sites for hydroxylation is 2. The van der Waals surface area contributed by atoms with Crippen LogP contribution in [0.5, 0.6) is 0 Å². The molecule has 0 bridgehead atoms. The van der Waals surface area contributed by atoms with E-state index in [1.165, 1.54) is 0 Å². The molecule has 7 nitrogen and oxygen atoms in total. The van der Waals surface area contributed by atoms with Crippen molar-refractivity contribution in [1.82, 2.24) is 25.7 Å². The van der Waals surface area contributed by atoms with Gasteiger partial charge < -0.3 is 16.0 Å². The molecule has 0 radical (unpaired) electrons. The summed E-state index contributed by atoms with van der Waals surface area (Å²) in [5.74, 6) is 0.665. The maximum Gasteiger partial charge on any atom is 0.239 e. The Morgan fingerprint density at radius 3 is 2.57 bits per heavy atom. The van der Waals surface area contributed by atoms with Crippen molar-refractivity contribution in [3.63, 3.8) is 0 Å². The van der Waals surface area contributed by atoms with Gasteiger partial charge in [-0.05, 0) is 33.6 Å². The van der Waals surface area contributed by atoms with Crippen LogP contribution >= 0.6 is 24.0 Å². The molecule has 1 heterocycles. The number of nitrogens with one attached hydrogen (secondary N) is 3. The zero-order chi connectivity index (χ0) is 16.1. The largest absolute Gasteiger partial charge is 0.357 e. The summed E-state index contributed by atoms with van der Waals surface area (Å²) in [4.78, 5) is 16.3. The van der Waals surface area contributed by atoms with E-state index >= 15 is 0 Å². The maximum atomic E-state index is 11.7. The fourth-order valence-corrected chi connectivity index (χ4v) is 2.22. The van der Waals surface area contributed by atoms with E-state index in [2.05, 4.69) is 26.0 Å². The first-order valence-electron chi connectivity index (χ1n) is 7.81. The van der Waals surface area contributed by atoms with Crippen LogP contribution < -0.4 is 16.0 Å². The van der Waals surface area contributed by atoms with Crippen molar-refractivity contribution in [1.29, 1.82) is 0 Å². The summed E-state index contributed by atoms with van der Waals surface area (Å²) >= 11 is 0. The SMILES string of the molecule is CCNC(=NCc1c(C)nn(C)c1C)NCC(=O)NC1CC1.I. The minimum absolute atomic E-state index is 0. The number of carbonyl (C=O) groups is 1. The van der Waals surface area contributed by atoms with Gasteiger partial charge >= 0.3 is 0 Å². The van der Waals surface area contributed by atoms with E-state index in [0.29, 0.717) is 18.5 Å². The van der Waals surface area contributed by atoms with Crippen LogP contribution in [0.4, 0.5) is 0 Å². The van der Waals surface area contributed by atoms with Crippen LogP contribution in [-0.2, 0) is 18.4 Å². The molecule has 0 spiro atoms. The Kier molecular flexibility index (Phi) is 7.80. The van der Waals surface area contributed by atoms with E-state index in [4.69, 9.17) is 0 Å². The molecule has 0 saturated heterocycles. The number of hydrogen-bond donors (Lipinski definition) is 3. The molecular formula is C15H27IN6O. The average molecular weight is 434 g/mol. The van der Waals surface area contributed by atoms with E-state index in [1.807, 2.05) is 32.5 Å². The van der Waals surface area contributed by atoms with Gasteiger partial charge in [-0.15, -0.1) is 24.0 Å². The summed E-state index contributed by atoms with van der Waals surface area (Å²) in [5.41, 5.74) is 3.23. The lowest BCUT2D eigenvalue weighted by Gasteiger charge is -2.11. The molecule has 0 unspecified atom stereocenters. The van der Waals surface area contributed by atoms with Crippen molar-refractivity contribution < 1.29 is 4.79 Å². The van der Waals surface area contributed by atoms with Crippen molar-refractivity contribution in [2.24, 2.45) is 12.0 Å². The lowest BCUT2D eigenvalue weighted by atomic mass is 10.2. The van der Waals surface area contributed by atoms with Crippen molar-refractivity contribution in [3.8, 4) is 0 Å². The van der Waals surface area contributed by atoms with Gasteiger partial charge in [-0.3, -0.25) is 9.48 Å². The molecule has 0 aromatic carbocycles. The highest BCUT2D eigenvalue weighted by molar-refractivity contribution is 14.0. The molecule has 8 heteroatoms. The second-order valence-corrected chi connectivity index (χ2v) is 5.66. The second kappa shape index (κ2) is 9.09. The van der Waals surface area contributed by atoms with Gasteiger partial charge in [-0.25, -0.2) is 4.99 Å². The third-order valence-electron chi connectivity index (χ3n) is 3.76. The predicted octanol–water partition coefficient (Wildman–Crippen LogP) is 0.989. The third kappa shape index (κ3) is 6.00. The molecule has 1 aliphatic carbocycles. The first-order chi connectivity index (χ1) is 10.5. The summed E-state index contributed by atoms with van der Waals surface area (Å²) < 4.78 is 1.86. The van der Waals surface area contributed by atoms with E-state index in [0.717, 1.165) is 36.3 Å². The number of rotatable bonds is 6. The summed E-state index contributed by atoms with van der Waals surface area (Å²) in [6.07, 6.45) is 2.19. The molecular weight excluding hydrogens is 407 g/mol. The van der Waals surface area contributed by atoms with Gasteiger partial charge in [0.2, 0.25) is 5.91 Å². The Hall–Kier alpha value is -1.32. The van der Waals surface area contributed by atoms with Gasteiger partial charge in [-0.1, -0.05) is 0 Å². The van der Waals surface area contributed by atoms with Crippen LogP contribution in [0.25, 0.3) is 0 Å². The Balaban J connectivity index is 0.00000264. The van der Waals surface area contributed by atoms with E-state index < -0.39 is 0 Å². The van der Waals surface area contributed by atoms with Gasteiger partial charge in [0, 0.05) is 30.9 Å². The number of aliphatic imine (C=N–C) groups is 1. The topological polar surface area (TPSA) is 83.3 Å². The molecule has 3 N–H and O–H groups in total. The molecule has 0 atom stereocenters. The quantitative estimate of drug-likeness (QED) is 0.354. The Bertz CT molecular complexity index is 565. The molecule has 1 aromatic heterocycles. The number of hydrogen-bond acceptors (Lipinski definition) is 3. The van der Waals surface area contributed by atoms with Gasteiger partial charge in [0.15, 0.2) is 5.96 Å². The van der Waals surface area contributed by atoms with Gasteiger partial charge in [0.25, 0.3) is 0 Å². The first kappa shape index (κ1) is 19.7. The normalized spacial score (nSPS) is 14.2. The monoisotopic (exact) mass is 434 g/mol. The molecule has 23 heavy (non-hydrogen) atoms. The standard InChI is InChI=1S/C15H26N6O.HI/c1-5-16-15(18-9-14(22)19-12-6-7-12)17-8-13-10(2)20-21(4)11(13)3;/h12H,5-9H2,1-4H3,(H,19,22)(H2,16,17,18);1H. The Morgan fingerprint density at radius 1 is 1.35 bits per heavy atom. The predicted molar refractivity (Wildman–Crippen MR) is 102 cm³/mol. The first-order valence-corrected chi connectivity index (χ1v) is 7.81. The summed E-state index contributed by atoms with van der Waals surface area (Å²) in [7, 11) is 1.93. The van der Waals surface area contributed by atoms with E-state index in [1.54, 1.807) is 0 Å². The number of carbonyl (C=O) groups excluding carboxylic acids is 1. The van der Waals surface area contributed by atoms with Crippen LogP contribution in [-0.4, -0.2) is 40.8 Å². The smallest absolute Gasteiger partial charge is 0.239 e. The van der Waals surface area contributed by atoms with Gasteiger partial charge in [-0.2, -0.15) is 5.10 Å². The number of amides is 1. The highest BCUT2D eigenvalue weighted by atomic mass is 127. The fraction of sp³-hybridized carbons (Fsp3) is 0.667. The highest BCUT2D eigenvalue weighted by Gasteiger charge is 2.22. The van der Waals surface area contributed by atoms with Crippen molar-refractivity contribution >= 4 is 35.8 Å². The summed E-state index contributed by atoms with van der Waals surface area (Å²) in [6, 6.07) is 0.384. The van der Waals surface area contributed by atoms with Crippen LogP contribution in [0.1, 0.15) is 36.7 Å². The lowest BCUT2D eigenvalue weighted by Crippen LogP contribution is -2.43. The zero-order valence-corrected chi connectivity index (χ0v) is 16.6. The average Bonchev–Trinajstić information content (AvgIpc) is 3.24. The molecule has 1 fully saturated rings. The minimum Gasteiger partial charge on any atom is -0.357 e. The molecule has 1 saturated carbocycles.